The quantitative estimate of drug-likeness (QED) is 0.539. The Balaban J connectivity index is 1.57. The number of aromatic nitrogens is 4. The van der Waals surface area contributed by atoms with Gasteiger partial charge in [-0.2, -0.15) is 10.4 Å². The Morgan fingerprint density at radius 3 is 2.65 bits per heavy atom. The smallest absolute Gasteiger partial charge is 0.157 e. The van der Waals surface area contributed by atoms with E-state index in [1.165, 1.54) is 5.56 Å². The molecule has 2 fully saturated rings. The van der Waals surface area contributed by atoms with Crippen LogP contribution in [0.2, 0.25) is 0 Å². The first kappa shape index (κ1) is 22.5. The molecular weight excluding hydrogens is 424 g/mol. The van der Waals surface area contributed by atoms with Crippen molar-refractivity contribution in [1.82, 2.24) is 19.6 Å². The molecule has 34 heavy (non-hydrogen) atoms. The van der Waals surface area contributed by atoms with Gasteiger partial charge in [0.25, 0.3) is 0 Å². The van der Waals surface area contributed by atoms with E-state index in [-0.39, 0.29) is 16.9 Å². The third kappa shape index (κ3) is 3.75. The van der Waals surface area contributed by atoms with Gasteiger partial charge in [-0.15, -0.1) is 0 Å². The van der Waals surface area contributed by atoms with Gasteiger partial charge in [0.1, 0.15) is 17.6 Å². The number of Topliss-reactive ketones (excluding diaryl/α,β-unsaturated/α-hetero) is 1. The molecule has 0 unspecified atom stereocenters. The van der Waals surface area contributed by atoms with Crippen LogP contribution in [-0.2, 0) is 4.79 Å². The first-order chi connectivity index (χ1) is 16.1. The molecule has 0 spiro atoms. The fourth-order valence-corrected chi connectivity index (χ4v) is 5.67. The molecule has 1 saturated carbocycles. The summed E-state index contributed by atoms with van der Waals surface area (Å²) in [6.07, 6.45) is 7.21. The minimum atomic E-state index is -0.348. The number of fused-ring (bicyclic) bond motifs is 1. The van der Waals surface area contributed by atoms with Crippen LogP contribution in [0.15, 0.2) is 30.7 Å². The maximum absolute atomic E-state index is 13.2. The normalized spacial score (nSPS) is 23.2. The molecule has 1 aliphatic carbocycles. The molecule has 0 radical (unpaired) electrons. The van der Waals surface area contributed by atoms with E-state index in [0.717, 1.165) is 55.0 Å². The van der Waals surface area contributed by atoms with E-state index in [1.54, 1.807) is 18.6 Å². The Morgan fingerprint density at radius 1 is 1.24 bits per heavy atom. The topological polar surface area (TPSA) is 87.2 Å². The molecule has 0 N–H and O–H groups in total. The van der Waals surface area contributed by atoms with Gasteiger partial charge in [-0.05, 0) is 62.3 Å². The van der Waals surface area contributed by atoms with Gasteiger partial charge in [0, 0.05) is 29.6 Å². The summed E-state index contributed by atoms with van der Waals surface area (Å²) in [6.45, 7) is 11.2. The number of hydrogen-bond donors (Lipinski definition) is 0. The lowest BCUT2D eigenvalue weighted by Crippen LogP contribution is -2.50. The van der Waals surface area contributed by atoms with Gasteiger partial charge in [0.15, 0.2) is 5.82 Å². The second-order valence-corrected chi connectivity index (χ2v) is 11.3. The van der Waals surface area contributed by atoms with Crippen molar-refractivity contribution in [3.05, 3.63) is 41.9 Å². The van der Waals surface area contributed by atoms with Crippen molar-refractivity contribution < 1.29 is 4.79 Å². The van der Waals surface area contributed by atoms with Crippen molar-refractivity contribution >= 4 is 17.1 Å². The van der Waals surface area contributed by atoms with Crippen LogP contribution in [0.4, 0.5) is 5.82 Å². The average molecular weight is 457 g/mol. The summed E-state index contributed by atoms with van der Waals surface area (Å²) < 4.78 is 1.94. The summed E-state index contributed by atoms with van der Waals surface area (Å²) in [4.78, 5) is 24.9. The molecule has 1 aliphatic heterocycles. The fraction of sp³-hybridized carbons (Fsp3) is 0.519. The first-order valence-corrected chi connectivity index (χ1v) is 12.2. The van der Waals surface area contributed by atoms with E-state index in [4.69, 9.17) is 4.98 Å². The van der Waals surface area contributed by atoms with Crippen LogP contribution in [0, 0.1) is 22.2 Å². The van der Waals surface area contributed by atoms with Crippen LogP contribution in [-0.4, -0.2) is 38.0 Å². The Hall–Kier alpha value is -3.27. The minimum Gasteiger partial charge on any atom is -0.352 e. The largest absolute Gasteiger partial charge is 0.352 e. The molecule has 2 aliphatic rings. The highest BCUT2D eigenvalue weighted by Crippen LogP contribution is 2.47. The van der Waals surface area contributed by atoms with Gasteiger partial charge in [0.05, 0.1) is 23.0 Å². The van der Waals surface area contributed by atoms with Crippen molar-refractivity contribution in [1.29, 1.82) is 5.26 Å². The van der Waals surface area contributed by atoms with Gasteiger partial charge in [-0.3, -0.25) is 9.78 Å². The summed E-state index contributed by atoms with van der Waals surface area (Å²) >= 11 is 0. The lowest BCUT2D eigenvalue weighted by molar-refractivity contribution is -0.137. The molecular formula is C27H32N6O. The lowest BCUT2D eigenvalue weighted by Gasteiger charge is -2.45. The monoisotopic (exact) mass is 456 g/mol. The molecule has 1 saturated heterocycles. The predicted octanol–water partition coefficient (Wildman–Crippen LogP) is 5.15. The molecule has 2 atom stereocenters. The van der Waals surface area contributed by atoms with Crippen LogP contribution >= 0.6 is 0 Å². The van der Waals surface area contributed by atoms with Gasteiger partial charge in [-0.25, -0.2) is 9.50 Å². The molecule has 7 heteroatoms. The molecule has 0 bridgehead atoms. The molecule has 176 valence electrons. The van der Waals surface area contributed by atoms with E-state index in [0.29, 0.717) is 17.3 Å². The van der Waals surface area contributed by atoms with Crippen molar-refractivity contribution in [2.45, 2.75) is 72.3 Å². The van der Waals surface area contributed by atoms with Crippen LogP contribution in [0.5, 0.6) is 0 Å². The summed E-state index contributed by atoms with van der Waals surface area (Å²) in [7, 11) is 0. The SMILES string of the molecule is C[C@H]1C[C@@](C)(C(=O)C(C)(C)C)CCN1c1ncnn2c(-c3cc(C#N)ccn3)cc(C3CC3)c12. The second-order valence-electron chi connectivity index (χ2n) is 11.3. The molecule has 0 aromatic carbocycles. The highest BCUT2D eigenvalue weighted by molar-refractivity contribution is 5.89. The second kappa shape index (κ2) is 7.90. The van der Waals surface area contributed by atoms with E-state index in [9.17, 15) is 10.1 Å². The van der Waals surface area contributed by atoms with Crippen molar-refractivity contribution in [3.63, 3.8) is 0 Å². The van der Waals surface area contributed by atoms with Gasteiger partial charge < -0.3 is 4.90 Å². The highest BCUT2D eigenvalue weighted by atomic mass is 16.1. The third-order valence-corrected chi connectivity index (χ3v) is 7.42. The number of anilines is 1. The van der Waals surface area contributed by atoms with Gasteiger partial charge >= 0.3 is 0 Å². The van der Waals surface area contributed by atoms with Crippen molar-refractivity contribution in [3.8, 4) is 17.5 Å². The number of carbonyl (C=O) groups is 1. The zero-order chi connectivity index (χ0) is 24.3. The predicted molar refractivity (Wildman–Crippen MR) is 132 cm³/mol. The Kier molecular flexibility index (Phi) is 5.23. The lowest BCUT2D eigenvalue weighted by atomic mass is 9.67. The average Bonchev–Trinajstić information content (AvgIpc) is 3.58. The molecule has 7 nitrogen and oxygen atoms in total. The fourth-order valence-electron chi connectivity index (χ4n) is 5.67. The Labute approximate surface area is 200 Å². The summed E-state index contributed by atoms with van der Waals surface area (Å²) in [5.41, 5.74) is 3.80. The van der Waals surface area contributed by atoms with Crippen LogP contribution < -0.4 is 4.90 Å². The number of nitriles is 1. The zero-order valence-corrected chi connectivity index (χ0v) is 20.7. The third-order valence-electron chi connectivity index (χ3n) is 7.42. The first-order valence-electron chi connectivity index (χ1n) is 12.2. The van der Waals surface area contributed by atoms with Crippen molar-refractivity contribution in [2.24, 2.45) is 10.8 Å². The van der Waals surface area contributed by atoms with E-state index in [2.05, 4.69) is 41.0 Å². The Morgan fingerprint density at radius 2 is 2.00 bits per heavy atom. The zero-order valence-electron chi connectivity index (χ0n) is 20.7. The maximum Gasteiger partial charge on any atom is 0.157 e. The molecule has 3 aromatic rings. The number of carbonyl (C=O) groups excluding carboxylic acids is 1. The number of pyridine rings is 1. The Bertz CT molecular complexity index is 1310. The van der Waals surface area contributed by atoms with E-state index >= 15 is 0 Å². The van der Waals surface area contributed by atoms with Gasteiger partial charge in [-0.1, -0.05) is 27.7 Å². The minimum absolute atomic E-state index is 0.175. The molecule has 0 amide bonds. The standard InChI is InChI=1S/C27H32N6O/c1-17-14-27(5,25(34)26(2,3)4)9-11-32(17)24-23-20(19-6-7-19)13-22(33(23)31-16-30-24)21-12-18(15-28)8-10-29-21/h8,10,12-13,16-17,19H,6-7,9,11,14H2,1-5H3/t17-,27-/m0/s1. The maximum atomic E-state index is 13.2. The molecule has 5 rings (SSSR count). The number of hydrogen-bond acceptors (Lipinski definition) is 6. The van der Waals surface area contributed by atoms with Crippen LogP contribution in [0.3, 0.4) is 0 Å². The van der Waals surface area contributed by atoms with Crippen molar-refractivity contribution in [2.75, 3.05) is 11.4 Å². The number of rotatable bonds is 4. The summed E-state index contributed by atoms with van der Waals surface area (Å²) in [6, 6.07) is 8.09. The van der Waals surface area contributed by atoms with E-state index in [1.807, 2.05) is 31.4 Å². The number of ketones is 1. The molecule has 4 heterocycles. The number of piperidine rings is 1. The summed E-state index contributed by atoms with van der Waals surface area (Å²) in [5.74, 6) is 1.77. The van der Waals surface area contributed by atoms with Crippen LogP contribution in [0.1, 0.15) is 77.3 Å². The number of nitrogens with zero attached hydrogens (tertiary/aromatic N) is 6. The van der Waals surface area contributed by atoms with Crippen LogP contribution in [0.25, 0.3) is 16.9 Å². The van der Waals surface area contributed by atoms with E-state index < -0.39 is 0 Å². The van der Waals surface area contributed by atoms with Gasteiger partial charge in [0.2, 0.25) is 0 Å². The summed E-state index contributed by atoms with van der Waals surface area (Å²) in [5, 5.41) is 14.0. The highest BCUT2D eigenvalue weighted by Gasteiger charge is 2.45. The molecule has 3 aromatic heterocycles.